The number of thioether (sulfide) groups is 1. The number of para-hydroxylation sites is 1. The van der Waals surface area contributed by atoms with Gasteiger partial charge in [-0.25, -0.2) is 4.98 Å². The van der Waals surface area contributed by atoms with Crippen molar-refractivity contribution in [2.45, 2.75) is 25.4 Å². The van der Waals surface area contributed by atoms with Crippen molar-refractivity contribution in [1.29, 1.82) is 0 Å². The third-order valence-electron chi connectivity index (χ3n) is 4.22. The van der Waals surface area contributed by atoms with E-state index in [1.54, 1.807) is 18.0 Å². The lowest BCUT2D eigenvalue weighted by atomic mass is 10.1. The molecule has 0 atom stereocenters. The SMILES string of the molecule is CCOc1ccccc1-c1noc(CSCc2coc(-c3ccc(C)cc3)n2)n1. The Bertz CT molecular complexity index is 1070. The monoisotopic (exact) mass is 407 g/mol. The molecule has 0 fully saturated rings. The zero-order chi connectivity index (χ0) is 20.1. The van der Waals surface area contributed by atoms with Gasteiger partial charge in [0.25, 0.3) is 0 Å². The molecule has 0 saturated carbocycles. The number of hydrogen-bond acceptors (Lipinski definition) is 7. The van der Waals surface area contributed by atoms with E-state index in [4.69, 9.17) is 13.7 Å². The van der Waals surface area contributed by atoms with E-state index in [0.29, 0.717) is 35.7 Å². The van der Waals surface area contributed by atoms with Gasteiger partial charge < -0.3 is 13.7 Å². The van der Waals surface area contributed by atoms with Crippen LogP contribution in [0.1, 0.15) is 24.1 Å². The molecule has 0 spiro atoms. The van der Waals surface area contributed by atoms with Crippen LogP contribution < -0.4 is 4.74 Å². The Kier molecular flexibility index (Phi) is 5.95. The van der Waals surface area contributed by atoms with Crippen LogP contribution in [0.25, 0.3) is 22.8 Å². The lowest BCUT2D eigenvalue weighted by Gasteiger charge is -2.05. The van der Waals surface area contributed by atoms with E-state index >= 15 is 0 Å². The Morgan fingerprint density at radius 2 is 1.83 bits per heavy atom. The molecular formula is C22H21N3O3S. The highest BCUT2D eigenvalue weighted by Gasteiger charge is 2.14. The summed E-state index contributed by atoms with van der Waals surface area (Å²) in [5, 5.41) is 4.09. The second-order valence-corrected chi connectivity index (χ2v) is 7.43. The van der Waals surface area contributed by atoms with Gasteiger partial charge in [0.2, 0.25) is 17.6 Å². The fourth-order valence-electron chi connectivity index (χ4n) is 2.80. The molecule has 2 aromatic heterocycles. The molecule has 0 aliphatic rings. The van der Waals surface area contributed by atoms with Gasteiger partial charge in [-0.05, 0) is 38.1 Å². The molecule has 0 bridgehead atoms. The van der Waals surface area contributed by atoms with E-state index in [1.165, 1.54) is 5.56 Å². The number of aryl methyl sites for hydroxylation is 1. The molecule has 148 valence electrons. The normalized spacial score (nSPS) is 11.0. The minimum absolute atomic E-state index is 0.535. The van der Waals surface area contributed by atoms with Crippen molar-refractivity contribution in [3.63, 3.8) is 0 Å². The van der Waals surface area contributed by atoms with Crippen LogP contribution in [0.4, 0.5) is 0 Å². The largest absolute Gasteiger partial charge is 0.493 e. The van der Waals surface area contributed by atoms with Gasteiger partial charge in [-0.1, -0.05) is 35.0 Å². The Labute approximate surface area is 173 Å². The summed E-state index contributed by atoms with van der Waals surface area (Å²) in [6.07, 6.45) is 1.69. The van der Waals surface area contributed by atoms with Gasteiger partial charge in [-0.15, -0.1) is 11.8 Å². The fraction of sp³-hybridized carbons (Fsp3) is 0.227. The van der Waals surface area contributed by atoms with Crippen LogP contribution in [0.15, 0.2) is 63.7 Å². The summed E-state index contributed by atoms with van der Waals surface area (Å²) < 4.78 is 16.6. The second kappa shape index (κ2) is 8.96. The average molecular weight is 407 g/mol. The smallest absolute Gasteiger partial charge is 0.236 e. The first-order valence-corrected chi connectivity index (χ1v) is 10.5. The van der Waals surface area contributed by atoms with Crippen LogP contribution in [0.3, 0.4) is 0 Å². The Hall–Kier alpha value is -3.06. The van der Waals surface area contributed by atoms with E-state index in [0.717, 1.165) is 22.6 Å². The molecule has 0 aliphatic carbocycles. The van der Waals surface area contributed by atoms with Crippen molar-refractivity contribution in [2.24, 2.45) is 0 Å². The maximum Gasteiger partial charge on any atom is 0.236 e. The average Bonchev–Trinajstić information content (AvgIpc) is 3.39. The Morgan fingerprint density at radius 3 is 2.66 bits per heavy atom. The van der Waals surface area contributed by atoms with Gasteiger partial charge in [0.1, 0.15) is 12.0 Å². The van der Waals surface area contributed by atoms with Gasteiger partial charge in [-0.3, -0.25) is 0 Å². The van der Waals surface area contributed by atoms with Gasteiger partial charge >= 0.3 is 0 Å². The van der Waals surface area contributed by atoms with E-state index < -0.39 is 0 Å². The van der Waals surface area contributed by atoms with Crippen LogP contribution in [-0.2, 0) is 11.5 Å². The molecular weight excluding hydrogens is 386 g/mol. The van der Waals surface area contributed by atoms with Gasteiger partial charge in [0.05, 0.1) is 23.6 Å². The van der Waals surface area contributed by atoms with E-state index in [-0.39, 0.29) is 0 Å². The minimum atomic E-state index is 0.535. The van der Waals surface area contributed by atoms with Crippen molar-refractivity contribution in [3.05, 3.63) is 71.9 Å². The number of benzene rings is 2. The molecule has 2 aromatic carbocycles. The summed E-state index contributed by atoms with van der Waals surface area (Å²) in [7, 11) is 0. The highest BCUT2D eigenvalue weighted by atomic mass is 32.2. The maximum absolute atomic E-state index is 5.64. The number of rotatable bonds is 8. The first-order chi connectivity index (χ1) is 14.2. The molecule has 29 heavy (non-hydrogen) atoms. The van der Waals surface area contributed by atoms with Crippen molar-refractivity contribution < 1.29 is 13.7 Å². The van der Waals surface area contributed by atoms with E-state index in [1.807, 2.05) is 55.5 Å². The summed E-state index contributed by atoms with van der Waals surface area (Å²) in [4.78, 5) is 9.05. The van der Waals surface area contributed by atoms with Gasteiger partial charge in [0.15, 0.2) is 0 Å². The third-order valence-corrected chi connectivity index (χ3v) is 5.17. The van der Waals surface area contributed by atoms with E-state index in [9.17, 15) is 0 Å². The molecule has 4 rings (SSSR count). The molecule has 0 amide bonds. The third kappa shape index (κ3) is 4.68. The molecule has 4 aromatic rings. The second-order valence-electron chi connectivity index (χ2n) is 6.44. The summed E-state index contributed by atoms with van der Waals surface area (Å²) in [6, 6.07) is 15.8. The van der Waals surface area contributed by atoms with Crippen molar-refractivity contribution in [1.82, 2.24) is 15.1 Å². The molecule has 0 aliphatic heterocycles. The zero-order valence-electron chi connectivity index (χ0n) is 16.3. The Balaban J connectivity index is 1.36. The molecule has 0 saturated heterocycles. The number of ether oxygens (including phenoxy) is 1. The maximum atomic E-state index is 5.64. The Morgan fingerprint density at radius 1 is 1.00 bits per heavy atom. The lowest BCUT2D eigenvalue weighted by Crippen LogP contribution is -1.94. The van der Waals surface area contributed by atoms with Crippen LogP contribution >= 0.6 is 11.8 Å². The number of hydrogen-bond donors (Lipinski definition) is 0. The topological polar surface area (TPSA) is 74.2 Å². The fourth-order valence-corrected chi connectivity index (χ4v) is 3.54. The minimum Gasteiger partial charge on any atom is -0.493 e. The number of oxazole rings is 1. The standard InChI is InChI=1S/C22H21N3O3S/c1-3-26-19-7-5-4-6-18(19)21-24-20(28-25-21)14-29-13-17-12-27-22(23-17)16-10-8-15(2)9-11-16/h4-12H,3,13-14H2,1-2H3. The number of nitrogens with zero attached hydrogens (tertiary/aromatic N) is 3. The zero-order valence-corrected chi connectivity index (χ0v) is 17.1. The van der Waals surface area contributed by atoms with Crippen LogP contribution in [0.5, 0.6) is 5.75 Å². The summed E-state index contributed by atoms with van der Waals surface area (Å²) in [6.45, 7) is 4.59. The molecule has 0 unspecified atom stereocenters. The highest BCUT2D eigenvalue weighted by Crippen LogP contribution is 2.28. The summed E-state index contributed by atoms with van der Waals surface area (Å²) in [5.41, 5.74) is 3.89. The van der Waals surface area contributed by atoms with Crippen molar-refractivity contribution in [2.75, 3.05) is 6.61 Å². The quantitative estimate of drug-likeness (QED) is 0.380. The predicted molar refractivity (Wildman–Crippen MR) is 113 cm³/mol. The van der Waals surface area contributed by atoms with Crippen LogP contribution in [-0.4, -0.2) is 21.7 Å². The van der Waals surface area contributed by atoms with E-state index in [2.05, 4.69) is 22.0 Å². The first-order valence-electron chi connectivity index (χ1n) is 9.37. The predicted octanol–water partition coefficient (Wildman–Crippen LogP) is 5.53. The summed E-state index contributed by atoms with van der Waals surface area (Å²) >= 11 is 1.64. The lowest BCUT2D eigenvalue weighted by molar-refractivity contribution is 0.341. The van der Waals surface area contributed by atoms with Gasteiger partial charge in [0, 0.05) is 11.3 Å². The molecule has 6 nitrogen and oxygen atoms in total. The first kappa shape index (κ1) is 19.3. The molecule has 2 heterocycles. The summed E-state index contributed by atoms with van der Waals surface area (Å²) in [5.74, 6) is 3.78. The van der Waals surface area contributed by atoms with Crippen molar-refractivity contribution in [3.8, 4) is 28.6 Å². The molecule has 0 radical (unpaired) electrons. The van der Waals surface area contributed by atoms with Crippen LogP contribution in [0.2, 0.25) is 0 Å². The molecule has 7 heteroatoms. The highest BCUT2D eigenvalue weighted by molar-refractivity contribution is 7.97. The van der Waals surface area contributed by atoms with Crippen LogP contribution in [0, 0.1) is 6.92 Å². The van der Waals surface area contributed by atoms with Crippen molar-refractivity contribution >= 4 is 11.8 Å². The van der Waals surface area contributed by atoms with Gasteiger partial charge in [-0.2, -0.15) is 4.98 Å². The molecule has 0 N–H and O–H groups in total. The number of aromatic nitrogens is 3.